The van der Waals surface area contributed by atoms with E-state index in [-0.39, 0.29) is 11.8 Å². The minimum atomic E-state index is -0.812. The van der Waals surface area contributed by atoms with Crippen molar-refractivity contribution in [2.45, 2.75) is 12.0 Å². The van der Waals surface area contributed by atoms with E-state index in [0.717, 1.165) is 0 Å². The molecule has 0 aromatic rings. The van der Waals surface area contributed by atoms with Gasteiger partial charge in [-0.3, -0.25) is 14.9 Å². The van der Waals surface area contributed by atoms with Gasteiger partial charge < -0.3 is 4.74 Å². The van der Waals surface area contributed by atoms with Crippen molar-refractivity contribution >= 4 is 11.8 Å². The van der Waals surface area contributed by atoms with Gasteiger partial charge in [0.2, 0.25) is 5.91 Å². The first kappa shape index (κ1) is 6.54. The normalized spacial score (nSPS) is 35.3. The van der Waals surface area contributed by atoms with Crippen molar-refractivity contribution in [3.8, 4) is 0 Å². The van der Waals surface area contributed by atoms with Gasteiger partial charge in [-0.25, -0.2) is 0 Å². The molecule has 0 aliphatic carbocycles. The van der Waals surface area contributed by atoms with Crippen molar-refractivity contribution in [2.75, 3.05) is 6.61 Å². The topological polar surface area (TPSA) is 55.4 Å². The largest absolute Gasteiger partial charge is 0.361 e. The third-order valence-electron chi connectivity index (χ3n) is 1.96. The maximum absolute atomic E-state index is 11.1. The van der Waals surface area contributed by atoms with Crippen LogP contribution in [0.3, 0.4) is 0 Å². The first-order chi connectivity index (χ1) is 5.23. The van der Waals surface area contributed by atoms with E-state index >= 15 is 0 Å². The van der Waals surface area contributed by atoms with Gasteiger partial charge in [0.1, 0.15) is 0 Å². The summed E-state index contributed by atoms with van der Waals surface area (Å²) in [4.78, 5) is 21.7. The van der Waals surface area contributed by atoms with Gasteiger partial charge in [-0.1, -0.05) is 0 Å². The van der Waals surface area contributed by atoms with Crippen LogP contribution in [0, 0.1) is 0 Å². The van der Waals surface area contributed by atoms with Gasteiger partial charge in [-0.15, -0.1) is 0 Å². The van der Waals surface area contributed by atoms with Gasteiger partial charge in [0.05, 0.1) is 6.61 Å². The number of nitrogens with one attached hydrogen (secondary N) is 1. The second-order valence-corrected chi connectivity index (χ2v) is 2.64. The Morgan fingerprint density at radius 1 is 1.55 bits per heavy atom. The molecular formula is C7H7NO3. The van der Waals surface area contributed by atoms with Crippen LogP contribution in [0.15, 0.2) is 12.2 Å². The van der Waals surface area contributed by atoms with Gasteiger partial charge in [0.15, 0.2) is 5.60 Å². The quantitative estimate of drug-likeness (QED) is 0.471. The standard InChI is InChI=1S/C7H7NO3/c9-5-1-2-7(3-4-11-7)6(10)8-5/h1-2H,3-4H2,(H,8,9,10). The SMILES string of the molecule is O=C1C=CC2(CCO2)C(=O)N1. The van der Waals surface area contributed by atoms with Crippen LogP contribution in [0.5, 0.6) is 0 Å². The predicted octanol–water partition coefficient (Wildman–Crippen LogP) is -0.642. The van der Waals surface area contributed by atoms with Gasteiger partial charge in [-0.05, 0) is 6.08 Å². The molecule has 2 rings (SSSR count). The van der Waals surface area contributed by atoms with Crippen molar-refractivity contribution < 1.29 is 14.3 Å². The smallest absolute Gasteiger partial charge is 0.263 e. The summed E-state index contributed by atoms with van der Waals surface area (Å²) in [5, 5.41) is 2.18. The molecule has 2 amide bonds. The van der Waals surface area contributed by atoms with Crippen molar-refractivity contribution in [2.24, 2.45) is 0 Å². The molecule has 0 bridgehead atoms. The van der Waals surface area contributed by atoms with Crippen molar-refractivity contribution in [1.29, 1.82) is 0 Å². The van der Waals surface area contributed by atoms with E-state index in [1.807, 2.05) is 0 Å². The average molecular weight is 153 g/mol. The summed E-state index contributed by atoms with van der Waals surface area (Å²) in [6.07, 6.45) is 3.53. The number of hydrogen-bond donors (Lipinski definition) is 1. The minimum Gasteiger partial charge on any atom is -0.361 e. The Morgan fingerprint density at radius 3 is 2.73 bits per heavy atom. The van der Waals surface area contributed by atoms with Crippen LogP contribution in [-0.2, 0) is 14.3 Å². The third-order valence-corrected chi connectivity index (χ3v) is 1.96. The van der Waals surface area contributed by atoms with Gasteiger partial charge >= 0.3 is 0 Å². The van der Waals surface area contributed by atoms with Gasteiger partial charge in [0, 0.05) is 12.5 Å². The lowest BCUT2D eigenvalue weighted by Gasteiger charge is -2.38. The van der Waals surface area contributed by atoms with Crippen molar-refractivity contribution in [3.63, 3.8) is 0 Å². The summed E-state index contributed by atoms with van der Waals surface area (Å²) in [6.45, 7) is 0.589. The van der Waals surface area contributed by atoms with Crippen LogP contribution in [0.2, 0.25) is 0 Å². The fraction of sp³-hybridized carbons (Fsp3) is 0.429. The molecule has 0 radical (unpaired) electrons. The molecule has 1 spiro atoms. The Hall–Kier alpha value is -1.16. The van der Waals surface area contributed by atoms with Crippen molar-refractivity contribution in [1.82, 2.24) is 5.32 Å². The minimum absolute atomic E-state index is 0.337. The molecule has 58 valence electrons. The molecule has 1 unspecified atom stereocenters. The lowest BCUT2D eigenvalue weighted by atomic mass is 9.91. The molecule has 1 atom stereocenters. The van der Waals surface area contributed by atoms with E-state index < -0.39 is 5.60 Å². The maximum Gasteiger partial charge on any atom is 0.263 e. The Morgan fingerprint density at radius 2 is 2.27 bits per heavy atom. The highest BCUT2D eigenvalue weighted by atomic mass is 16.5. The van der Waals surface area contributed by atoms with Crippen LogP contribution in [-0.4, -0.2) is 24.0 Å². The highest BCUT2D eigenvalue weighted by Gasteiger charge is 2.45. The number of rotatable bonds is 0. The van der Waals surface area contributed by atoms with Crippen molar-refractivity contribution in [3.05, 3.63) is 12.2 Å². The molecule has 2 aliphatic heterocycles. The van der Waals surface area contributed by atoms with Crippen LogP contribution in [0.1, 0.15) is 6.42 Å². The lowest BCUT2D eigenvalue weighted by molar-refractivity contribution is -0.165. The Bertz CT molecular complexity index is 252. The summed E-state index contributed by atoms with van der Waals surface area (Å²) in [7, 11) is 0. The molecule has 11 heavy (non-hydrogen) atoms. The van der Waals surface area contributed by atoms with E-state index in [9.17, 15) is 9.59 Å². The molecule has 1 N–H and O–H groups in total. The second-order valence-electron chi connectivity index (χ2n) is 2.64. The fourth-order valence-electron chi connectivity index (χ4n) is 1.18. The van der Waals surface area contributed by atoms with Crippen LogP contribution < -0.4 is 5.32 Å². The molecule has 4 heteroatoms. The second kappa shape index (κ2) is 1.92. The molecule has 4 nitrogen and oxygen atoms in total. The summed E-state index contributed by atoms with van der Waals surface area (Å²) in [5.74, 6) is -0.702. The Balaban J connectivity index is 2.29. The molecule has 1 saturated heterocycles. The molecule has 0 aromatic heterocycles. The number of imide groups is 1. The summed E-state index contributed by atoms with van der Waals surface area (Å²) >= 11 is 0. The van der Waals surface area contributed by atoms with Gasteiger partial charge in [0.25, 0.3) is 5.91 Å². The van der Waals surface area contributed by atoms with Crippen LogP contribution in [0.25, 0.3) is 0 Å². The number of carbonyl (C=O) groups excluding carboxylic acids is 2. The monoisotopic (exact) mass is 153 g/mol. The van der Waals surface area contributed by atoms with E-state index in [1.165, 1.54) is 12.2 Å². The van der Waals surface area contributed by atoms with Gasteiger partial charge in [-0.2, -0.15) is 0 Å². The highest BCUT2D eigenvalue weighted by molar-refractivity contribution is 6.08. The zero-order valence-corrected chi connectivity index (χ0v) is 5.79. The highest BCUT2D eigenvalue weighted by Crippen LogP contribution is 2.29. The Kier molecular flexibility index (Phi) is 1.14. The molecule has 1 fully saturated rings. The molecule has 0 aromatic carbocycles. The average Bonchev–Trinajstić information content (AvgIpc) is 1.84. The molecular weight excluding hydrogens is 146 g/mol. The summed E-state index contributed by atoms with van der Waals surface area (Å²) in [5.41, 5.74) is -0.812. The number of amides is 2. The van der Waals surface area contributed by atoms with E-state index in [2.05, 4.69) is 5.32 Å². The van der Waals surface area contributed by atoms with E-state index in [4.69, 9.17) is 4.74 Å². The fourth-order valence-corrected chi connectivity index (χ4v) is 1.18. The number of carbonyl (C=O) groups is 2. The number of ether oxygens (including phenoxy) is 1. The summed E-state index contributed by atoms with van der Waals surface area (Å²) < 4.78 is 5.07. The maximum atomic E-state index is 11.1. The van der Waals surface area contributed by atoms with E-state index in [0.29, 0.717) is 13.0 Å². The Labute approximate surface area is 63.2 Å². The van der Waals surface area contributed by atoms with Crippen LogP contribution in [0.4, 0.5) is 0 Å². The lowest BCUT2D eigenvalue weighted by Crippen LogP contribution is -2.57. The van der Waals surface area contributed by atoms with E-state index in [1.54, 1.807) is 0 Å². The predicted molar refractivity (Wildman–Crippen MR) is 35.6 cm³/mol. The molecule has 2 heterocycles. The molecule has 2 aliphatic rings. The zero-order chi connectivity index (χ0) is 7.90. The number of hydrogen-bond acceptors (Lipinski definition) is 3. The zero-order valence-electron chi connectivity index (χ0n) is 5.79. The molecule has 0 saturated carbocycles. The summed E-state index contributed by atoms with van der Waals surface area (Å²) in [6, 6.07) is 0. The first-order valence-electron chi connectivity index (χ1n) is 3.42. The van der Waals surface area contributed by atoms with Crippen LogP contribution >= 0.6 is 0 Å². The first-order valence-corrected chi connectivity index (χ1v) is 3.42. The third kappa shape index (κ3) is 0.793.